The minimum Gasteiger partial charge on any atom is -0.490 e. The second kappa shape index (κ2) is 7.31. The molecule has 0 aliphatic carbocycles. The molecule has 0 N–H and O–H groups in total. The maximum atomic E-state index is 12.0. The number of aliphatic imine (C=N–C) groups is 1. The molecule has 2 heterocycles. The number of carbonyl (C=O) groups is 1. The molecule has 3 rings (SSSR count). The largest absolute Gasteiger partial charge is 0.490 e. The highest BCUT2D eigenvalue weighted by Gasteiger charge is 2.24. The molecule has 5 nitrogen and oxygen atoms in total. The third-order valence-electron chi connectivity index (χ3n) is 3.22. The van der Waals surface area contributed by atoms with Gasteiger partial charge in [-0.15, -0.1) is 11.3 Å². The lowest BCUT2D eigenvalue weighted by atomic mass is 10.1. The summed E-state index contributed by atoms with van der Waals surface area (Å²) in [7, 11) is 0. The highest BCUT2D eigenvalue weighted by atomic mass is 32.1. The molecular weight excluding hydrogens is 326 g/mol. The zero-order valence-corrected chi connectivity index (χ0v) is 14.3. The van der Waals surface area contributed by atoms with Crippen molar-refractivity contribution < 1.29 is 19.0 Å². The number of nitrogens with zero attached hydrogens (tertiary/aromatic N) is 1. The van der Waals surface area contributed by atoms with Crippen LogP contribution in [0.5, 0.6) is 11.5 Å². The van der Waals surface area contributed by atoms with E-state index in [4.69, 9.17) is 14.2 Å². The molecule has 0 amide bonds. The molecule has 2 aromatic rings. The van der Waals surface area contributed by atoms with Gasteiger partial charge >= 0.3 is 5.97 Å². The number of thiophene rings is 1. The summed E-state index contributed by atoms with van der Waals surface area (Å²) in [5, 5.41) is 1.91. The van der Waals surface area contributed by atoms with E-state index in [0.717, 1.165) is 10.4 Å². The van der Waals surface area contributed by atoms with Crippen LogP contribution in [-0.4, -0.2) is 25.1 Å². The van der Waals surface area contributed by atoms with Gasteiger partial charge in [-0.2, -0.15) is 0 Å². The first kappa shape index (κ1) is 16.3. The molecule has 6 heteroatoms. The molecule has 0 spiro atoms. The SMILES string of the molecule is CCOc1ccc(/C=C2\N=C(c3cccs3)OC2=O)cc1OCC. The zero-order valence-electron chi connectivity index (χ0n) is 13.4. The van der Waals surface area contributed by atoms with Gasteiger partial charge in [0.05, 0.1) is 18.1 Å². The minimum atomic E-state index is -0.453. The van der Waals surface area contributed by atoms with Crippen LogP contribution in [0.15, 0.2) is 46.4 Å². The van der Waals surface area contributed by atoms with Gasteiger partial charge in [0.2, 0.25) is 5.90 Å². The average Bonchev–Trinajstić information content (AvgIpc) is 3.21. The number of carbonyl (C=O) groups excluding carboxylic acids is 1. The van der Waals surface area contributed by atoms with Crippen LogP contribution in [0.3, 0.4) is 0 Å². The van der Waals surface area contributed by atoms with Crippen LogP contribution in [0.25, 0.3) is 6.08 Å². The lowest BCUT2D eigenvalue weighted by Gasteiger charge is -2.11. The van der Waals surface area contributed by atoms with Crippen molar-refractivity contribution in [2.24, 2.45) is 4.99 Å². The number of hydrogen-bond donors (Lipinski definition) is 0. The van der Waals surface area contributed by atoms with Crippen LogP contribution in [0.1, 0.15) is 24.3 Å². The minimum absolute atomic E-state index is 0.269. The number of ether oxygens (including phenoxy) is 3. The van der Waals surface area contributed by atoms with Gasteiger partial charge in [-0.3, -0.25) is 0 Å². The first-order valence-corrected chi connectivity index (χ1v) is 8.55. The van der Waals surface area contributed by atoms with Crippen molar-refractivity contribution >= 4 is 29.3 Å². The Balaban J connectivity index is 1.90. The number of hydrogen-bond acceptors (Lipinski definition) is 6. The van der Waals surface area contributed by atoms with Crippen LogP contribution in [-0.2, 0) is 9.53 Å². The Hall–Kier alpha value is -2.60. The van der Waals surface area contributed by atoms with Crippen LogP contribution in [0, 0.1) is 0 Å². The molecule has 0 atom stereocenters. The normalized spacial score (nSPS) is 15.3. The summed E-state index contributed by atoms with van der Waals surface area (Å²) in [6.45, 7) is 4.91. The maximum Gasteiger partial charge on any atom is 0.363 e. The molecule has 24 heavy (non-hydrogen) atoms. The van der Waals surface area contributed by atoms with Gasteiger partial charge in [0.15, 0.2) is 17.2 Å². The quantitative estimate of drug-likeness (QED) is 0.590. The highest BCUT2D eigenvalue weighted by molar-refractivity contribution is 7.12. The second-order valence-corrected chi connectivity index (χ2v) is 5.83. The monoisotopic (exact) mass is 343 g/mol. The van der Waals surface area contributed by atoms with Gasteiger partial charge in [0, 0.05) is 0 Å². The van der Waals surface area contributed by atoms with Crippen molar-refractivity contribution in [3.8, 4) is 11.5 Å². The van der Waals surface area contributed by atoms with E-state index < -0.39 is 5.97 Å². The second-order valence-electron chi connectivity index (χ2n) is 4.89. The van der Waals surface area contributed by atoms with Crippen molar-refractivity contribution in [3.05, 3.63) is 51.8 Å². The summed E-state index contributed by atoms with van der Waals surface area (Å²) >= 11 is 1.48. The Bertz CT molecular complexity index is 793. The van der Waals surface area contributed by atoms with Crippen molar-refractivity contribution in [1.82, 2.24) is 0 Å². The maximum absolute atomic E-state index is 12.0. The van der Waals surface area contributed by atoms with E-state index in [2.05, 4.69) is 4.99 Å². The number of benzene rings is 1. The van der Waals surface area contributed by atoms with Crippen molar-refractivity contribution in [3.63, 3.8) is 0 Å². The van der Waals surface area contributed by atoms with Crippen molar-refractivity contribution in [1.29, 1.82) is 0 Å². The van der Waals surface area contributed by atoms with Crippen molar-refractivity contribution in [2.75, 3.05) is 13.2 Å². The van der Waals surface area contributed by atoms with Gasteiger partial charge in [0.25, 0.3) is 0 Å². The highest BCUT2D eigenvalue weighted by Crippen LogP contribution is 2.30. The van der Waals surface area contributed by atoms with E-state index in [1.807, 2.05) is 49.6 Å². The summed E-state index contributed by atoms with van der Waals surface area (Å²) in [6.07, 6.45) is 1.68. The fourth-order valence-corrected chi connectivity index (χ4v) is 2.88. The predicted octanol–water partition coefficient (Wildman–Crippen LogP) is 3.89. The van der Waals surface area contributed by atoms with Crippen LogP contribution >= 0.6 is 11.3 Å². The summed E-state index contributed by atoms with van der Waals surface area (Å²) in [5.41, 5.74) is 1.06. The summed E-state index contributed by atoms with van der Waals surface area (Å²) in [4.78, 5) is 17.1. The fourth-order valence-electron chi connectivity index (χ4n) is 2.23. The van der Waals surface area contributed by atoms with Gasteiger partial charge in [0.1, 0.15) is 0 Å². The molecule has 0 saturated heterocycles. The molecule has 1 aliphatic rings. The molecule has 0 bridgehead atoms. The van der Waals surface area contributed by atoms with Gasteiger partial charge in [-0.05, 0) is 49.1 Å². The fraction of sp³-hybridized carbons (Fsp3) is 0.222. The van der Waals surface area contributed by atoms with E-state index in [1.165, 1.54) is 11.3 Å². The summed E-state index contributed by atoms with van der Waals surface area (Å²) in [5.74, 6) is 1.21. The lowest BCUT2D eigenvalue weighted by Crippen LogP contribution is -2.03. The zero-order chi connectivity index (χ0) is 16.9. The van der Waals surface area contributed by atoms with E-state index in [1.54, 1.807) is 6.08 Å². The Morgan fingerprint density at radius 1 is 1.17 bits per heavy atom. The number of rotatable bonds is 6. The Morgan fingerprint density at radius 2 is 1.96 bits per heavy atom. The average molecular weight is 343 g/mol. The molecule has 0 saturated carbocycles. The van der Waals surface area contributed by atoms with Crippen LogP contribution < -0.4 is 9.47 Å². The topological polar surface area (TPSA) is 57.1 Å². The Labute approximate surface area is 144 Å². The number of cyclic esters (lactones) is 1. The van der Waals surface area contributed by atoms with E-state index in [0.29, 0.717) is 30.6 Å². The summed E-state index contributed by atoms with van der Waals surface area (Å²) < 4.78 is 16.4. The lowest BCUT2D eigenvalue weighted by molar-refractivity contribution is -0.129. The molecule has 1 aromatic carbocycles. The molecular formula is C18H17NO4S. The van der Waals surface area contributed by atoms with E-state index in [-0.39, 0.29) is 5.70 Å². The number of esters is 1. The van der Waals surface area contributed by atoms with Gasteiger partial charge < -0.3 is 14.2 Å². The van der Waals surface area contributed by atoms with Gasteiger partial charge in [-0.1, -0.05) is 12.1 Å². The van der Waals surface area contributed by atoms with Crippen LogP contribution in [0.2, 0.25) is 0 Å². The first-order valence-electron chi connectivity index (χ1n) is 7.67. The standard InChI is InChI=1S/C18H17NO4S/c1-3-21-14-8-7-12(11-15(14)22-4-2)10-13-18(20)23-17(19-13)16-6-5-9-24-16/h5-11H,3-4H2,1-2H3/b13-10-. The molecule has 1 aliphatic heterocycles. The molecule has 1 aromatic heterocycles. The smallest absolute Gasteiger partial charge is 0.363 e. The third kappa shape index (κ3) is 3.49. The van der Waals surface area contributed by atoms with Gasteiger partial charge in [-0.25, -0.2) is 9.79 Å². The Morgan fingerprint density at radius 3 is 2.67 bits per heavy atom. The van der Waals surface area contributed by atoms with Crippen LogP contribution in [0.4, 0.5) is 0 Å². The van der Waals surface area contributed by atoms with Crippen molar-refractivity contribution in [2.45, 2.75) is 13.8 Å². The molecule has 0 unspecified atom stereocenters. The van der Waals surface area contributed by atoms with E-state index >= 15 is 0 Å². The summed E-state index contributed by atoms with van der Waals surface area (Å²) in [6, 6.07) is 9.26. The Kier molecular flexibility index (Phi) is 4.96. The first-order chi connectivity index (χ1) is 11.7. The molecule has 124 valence electrons. The predicted molar refractivity (Wildman–Crippen MR) is 93.7 cm³/mol. The van der Waals surface area contributed by atoms with E-state index in [9.17, 15) is 4.79 Å². The molecule has 0 radical (unpaired) electrons. The third-order valence-corrected chi connectivity index (χ3v) is 4.08. The molecule has 0 fully saturated rings.